The fraction of sp³-hybridized carbons (Fsp3) is 0.818. The Morgan fingerprint density at radius 3 is 2.56 bits per heavy atom. The first-order valence-corrected chi connectivity index (χ1v) is 5.80. The van der Waals surface area contributed by atoms with Crippen molar-refractivity contribution in [2.45, 2.75) is 46.3 Å². The number of aromatic nitrogens is 2. The zero-order chi connectivity index (χ0) is 12.1. The van der Waals surface area contributed by atoms with Crippen LogP contribution in [0.4, 0.5) is 0 Å². The molecule has 1 rings (SSSR count). The molecule has 1 aromatic rings. The van der Waals surface area contributed by atoms with Crippen LogP contribution >= 0.6 is 0 Å². The lowest BCUT2D eigenvalue weighted by Crippen LogP contribution is -2.14. The van der Waals surface area contributed by atoms with Crippen LogP contribution in [0.5, 0.6) is 0 Å². The Bertz CT molecular complexity index is 312. The van der Waals surface area contributed by atoms with Crippen molar-refractivity contribution in [1.29, 1.82) is 0 Å². The van der Waals surface area contributed by atoms with Crippen LogP contribution in [0.15, 0.2) is 4.52 Å². The van der Waals surface area contributed by atoms with Crippen LogP contribution in [0.2, 0.25) is 0 Å². The van der Waals surface area contributed by atoms with Crippen molar-refractivity contribution in [3.8, 4) is 0 Å². The summed E-state index contributed by atoms with van der Waals surface area (Å²) in [6, 6.07) is -0.185. The van der Waals surface area contributed by atoms with Crippen molar-refractivity contribution in [3.05, 3.63) is 11.7 Å². The highest BCUT2D eigenvalue weighted by molar-refractivity contribution is 4.95. The Hall–Kier alpha value is -0.940. The van der Waals surface area contributed by atoms with Gasteiger partial charge in [0.25, 0.3) is 0 Å². The van der Waals surface area contributed by atoms with Crippen LogP contribution in [0, 0.1) is 5.92 Å². The van der Waals surface area contributed by atoms with Crippen LogP contribution < -0.4 is 5.73 Å². The monoisotopic (exact) mass is 227 g/mol. The van der Waals surface area contributed by atoms with E-state index >= 15 is 0 Å². The third-order valence-corrected chi connectivity index (χ3v) is 2.42. The van der Waals surface area contributed by atoms with E-state index in [9.17, 15) is 0 Å². The van der Waals surface area contributed by atoms with Gasteiger partial charge >= 0.3 is 0 Å². The molecular weight excluding hydrogens is 206 g/mol. The summed E-state index contributed by atoms with van der Waals surface area (Å²) in [4.78, 5) is 4.29. The molecule has 1 aromatic heterocycles. The molecule has 0 spiro atoms. The number of rotatable bonds is 6. The Kier molecular flexibility index (Phi) is 4.89. The van der Waals surface area contributed by atoms with Crippen LogP contribution in [-0.2, 0) is 4.74 Å². The normalized spacial score (nSPS) is 15.4. The molecule has 0 fully saturated rings. The zero-order valence-corrected chi connectivity index (χ0v) is 10.4. The second-order valence-corrected chi connectivity index (χ2v) is 4.13. The van der Waals surface area contributed by atoms with E-state index in [1.165, 1.54) is 0 Å². The van der Waals surface area contributed by atoms with E-state index in [1.54, 1.807) is 0 Å². The van der Waals surface area contributed by atoms with Crippen molar-refractivity contribution in [2.24, 2.45) is 11.7 Å². The molecule has 0 saturated heterocycles. The summed E-state index contributed by atoms with van der Waals surface area (Å²) in [5, 5.41) is 3.93. The lowest BCUT2D eigenvalue weighted by molar-refractivity contribution is 0.0217. The summed E-state index contributed by atoms with van der Waals surface area (Å²) in [6.45, 7) is 8.70. The molecule has 0 amide bonds. The number of nitrogens with zero attached hydrogens (tertiary/aromatic N) is 2. The largest absolute Gasteiger partial charge is 0.370 e. The Balaban J connectivity index is 2.81. The molecule has 16 heavy (non-hydrogen) atoms. The number of nitrogens with two attached hydrogens (primary N) is 1. The van der Waals surface area contributed by atoms with E-state index < -0.39 is 0 Å². The molecule has 0 saturated carbocycles. The first-order valence-electron chi connectivity index (χ1n) is 5.80. The topological polar surface area (TPSA) is 74.2 Å². The number of hydrogen-bond donors (Lipinski definition) is 1. The van der Waals surface area contributed by atoms with E-state index in [4.69, 9.17) is 15.0 Å². The maximum atomic E-state index is 5.82. The molecule has 0 aliphatic rings. The van der Waals surface area contributed by atoms with Gasteiger partial charge in [0.2, 0.25) is 11.7 Å². The minimum Gasteiger partial charge on any atom is -0.370 e. The predicted molar refractivity (Wildman–Crippen MR) is 60.7 cm³/mol. The van der Waals surface area contributed by atoms with Gasteiger partial charge in [-0.05, 0) is 19.3 Å². The molecule has 2 unspecified atom stereocenters. The molecule has 2 N–H and O–H groups in total. The minimum atomic E-state index is -0.185. The lowest BCUT2D eigenvalue weighted by Gasteiger charge is -2.16. The van der Waals surface area contributed by atoms with E-state index in [0.29, 0.717) is 24.2 Å². The molecule has 92 valence electrons. The lowest BCUT2D eigenvalue weighted by atomic mass is 10.1. The van der Waals surface area contributed by atoms with Crippen molar-refractivity contribution < 1.29 is 9.26 Å². The van der Waals surface area contributed by atoms with Gasteiger partial charge in [-0.3, -0.25) is 0 Å². The third kappa shape index (κ3) is 3.02. The third-order valence-electron chi connectivity index (χ3n) is 2.42. The van der Waals surface area contributed by atoms with Crippen molar-refractivity contribution in [2.75, 3.05) is 6.61 Å². The smallest absolute Gasteiger partial charge is 0.243 e. The van der Waals surface area contributed by atoms with Crippen LogP contribution in [0.1, 0.15) is 58.0 Å². The van der Waals surface area contributed by atoms with Gasteiger partial charge in [0.1, 0.15) is 6.10 Å². The number of hydrogen-bond acceptors (Lipinski definition) is 5. The highest BCUT2D eigenvalue weighted by Crippen LogP contribution is 2.24. The summed E-state index contributed by atoms with van der Waals surface area (Å²) in [6.07, 6.45) is 0.661. The fourth-order valence-electron chi connectivity index (χ4n) is 1.43. The average Bonchev–Trinajstić information content (AvgIpc) is 2.73. The summed E-state index contributed by atoms with van der Waals surface area (Å²) in [7, 11) is 0. The van der Waals surface area contributed by atoms with Crippen molar-refractivity contribution in [1.82, 2.24) is 10.1 Å². The van der Waals surface area contributed by atoms with Crippen molar-refractivity contribution in [3.63, 3.8) is 0 Å². The Morgan fingerprint density at radius 2 is 2.06 bits per heavy atom. The SMILES string of the molecule is CCOC(c1noc(C(N)CC)n1)C(C)C. The predicted octanol–water partition coefficient (Wildman–Crippen LogP) is 2.21. The van der Waals surface area contributed by atoms with Gasteiger partial charge in [-0.15, -0.1) is 0 Å². The van der Waals surface area contributed by atoms with E-state index in [-0.39, 0.29) is 12.1 Å². The summed E-state index contributed by atoms with van der Waals surface area (Å²) in [5.74, 6) is 1.39. The van der Waals surface area contributed by atoms with Crippen LogP contribution in [-0.4, -0.2) is 16.7 Å². The van der Waals surface area contributed by atoms with Crippen molar-refractivity contribution >= 4 is 0 Å². The summed E-state index contributed by atoms with van der Waals surface area (Å²) < 4.78 is 10.7. The zero-order valence-electron chi connectivity index (χ0n) is 10.4. The Labute approximate surface area is 96.4 Å². The first kappa shape index (κ1) is 13.1. The molecule has 0 aliphatic heterocycles. The van der Waals surface area contributed by atoms with Crippen LogP contribution in [0.25, 0.3) is 0 Å². The standard InChI is InChI=1S/C11H21N3O2/c1-5-8(12)11-13-10(14-16-11)9(7(3)4)15-6-2/h7-9H,5-6,12H2,1-4H3. The maximum absolute atomic E-state index is 5.82. The highest BCUT2D eigenvalue weighted by atomic mass is 16.5. The first-order chi connectivity index (χ1) is 7.60. The molecule has 5 heteroatoms. The second-order valence-electron chi connectivity index (χ2n) is 4.13. The van der Waals surface area contributed by atoms with Gasteiger partial charge < -0.3 is 15.0 Å². The van der Waals surface area contributed by atoms with E-state index in [1.807, 2.05) is 13.8 Å². The average molecular weight is 227 g/mol. The molecule has 0 bridgehead atoms. The molecule has 0 aromatic carbocycles. The molecule has 5 nitrogen and oxygen atoms in total. The van der Waals surface area contributed by atoms with Gasteiger partial charge in [-0.2, -0.15) is 4.98 Å². The highest BCUT2D eigenvalue weighted by Gasteiger charge is 2.23. The molecule has 1 heterocycles. The minimum absolute atomic E-state index is 0.119. The summed E-state index contributed by atoms with van der Waals surface area (Å²) in [5.41, 5.74) is 5.82. The molecular formula is C11H21N3O2. The Morgan fingerprint density at radius 1 is 1.38 bits per heavy atom. The quantitative estimate of drug-likeness (QED) is 0.806. The van der Waals surface area contributed by atoms with Gasteiger partial charge in [0.15, 0.2) is 0 Å². The van der Waals surface area contributed by atoms with E-state index in [0.717, 1.165) is 6.42 Å². The second kappa shape index (κ2) is 5.96. The summed E-state index contributed by atoms with van der Waals surface area (Å²) >= 11 is 0. The van der Waals surface area contributed by atoms with Gasteiger partial charge in [-0.25, -0.2) is 0 Å². The van der Waals surface area contributed by atoms with Crippen LogP contribution in [0.3, 0.4) is 0 Å². The van der Waals surface area contributed by atoms with E-state index in [2.05, 4.69) is 24.0 Å². The molecule has 0 radical (unpaired) electrons. The number of ether oxygens (including phenoxy) is 1. The fourth-order valence-corrected chi connectivity index (χ4v) is 1.43. The maximum Gasteiger partial charge on any atom is 0.243 e. The van der Waals surface area contributed by atoms with Gasteiger partial charge in [0, 0.05) is 6.61 Å². The van der Waals surface area contributed by atoms with Gasteiger partial charge in [0.05, 0.1) is 6.04 Å². The molecule has 2 atom stereocenters. The molecule has 0 aliphatic carbocycles. The van der Waals surface area contributed by atoms with Gasteiger partial charge in [-0.1, -0.05) is 25.9 Å².